The highest BCUT2D eigenvalue weighted by molar-refractivity contribution is 5.92. The second kappa shape index (κ2) is 5.42. The van der Waals surface area contributed by atoms with E-state index in [4.69, 9.17) is 4.74 Å². The van der Waals surface area contributed by atoms with Gasteiger partial charge in [-0.15, -0.1) is 0 Å². The molecule has 3 rings (SSSR count). The van der Waals surface area contributed by atoms with Crippen LogP contribution in [0.25, 0.3) is 0 Å². The van der Waals surface area contributed by atoms with Crippen LogP contribution in [0.4, 0.5) is 0 Å². The van der Waals surface area contributed by atoms with Crippen LogP contribution in [0.15, 0.2) is 36.8 Å². The number of pyridine rings is 1. The number of hydrogen-bond donors (Lipinski definition) is 0. The molecule has 0 aromatic carbocycles. The molecule has 20 heavy (non-hydrogen) atoms. The van der Waals surface area contributed by atoms with Crippen molar-refractivity contribution in [2.75, 3.05) is 19.7 Å². The zero-order valence-electron chi connectivity index (χ0n) is 11.3. The summed E-state index contributed by atoms with van der Waals surface area (Å²) in [7, 11) is 1.80. The maximum atomic E-state index is 12.4. The van der Waals surface area contributed by atoms with Crippen LogP contribution in [0.1, 0.15) is 22.2 Å². The maximum absolute atomic E-state index is 12.4. The molecular formula is C14H16N4O2. The number of nitrogens with zero attached hydrogens (tertiary/aromatic N) is 4. The van der Waals surface area contributed by atoms with Crippen molar-refractivity contribution in [1.29, 1.82) is 0 Å². The Morgan fingerprint density at radius 1 is 1.35 bits per heavy atom. The highest BCUT2D eigenvalue weighted by atomic mass is 16.5. The van der Waals surface area contributed by atoms with Crippen LogP contribution in [-0.2, 0) is 11.8 Å². The van der Waals surface area contributed by atoms with E-state index < -0.39 is 0 Å². The molecule has 0 aliphatic carbocycles. The lowest BCUT2D eigenvalue weighted by atomic mass is 10.1. The van der Waals surface area contributed by atoms with E-state index in [1.54, 1.807) is 41.3 Å². The van der Waals surface area contributed by atoms with Gasteiger partial charge in [-0.3, -0.25) is 14.5 Å². The van der Waals surface area contributed by atoms with Crippen LogP contribution in [0.3, 0.4) is 0 Å². The first-order valence-electron chi connectivity index (χ1n) is 6.54. The summed E-state index contributed by atoms with van der Waals surface area (Å²) >= 11 is 0. The molecule has 1 atom stereocenters. The van der Waals surface area contributed by atoms with Crippen LogP contribution in [0.5, 0.6) is 0 Å². The smallest absolute Gasteiger partial charge is 0.274 e. The minimum Gasteiger partial charge on any atom is -0.370 e. The SMILES string of the molecule is Cn1ccc(C(=O)N2CCO[C@H](c3ccncc3)C2)n1. The van der Waals surface area contributed by atoms with Crippen LogP contribution < -0.4 is 0 Å². The van der Waals surface area contributed by atoms with E-state index in [2.05, 4.69) is 10.1 Å². The van der Waals surface area contributed by atoms with Crippen molar-refractivity contribution < 1.29 is 9.53 Å². The van der Waals surface area contributed by atoms with Gasteiger partial charge in [0, 0.05) is 32.2 Å². The van der Waals surface area contributed by atoms with Crippen molar-refractivity contribution in [1.82, 2.24) is 19.7 Å². The molecule has 6 nitrogen and oxygen atoms in total. The second-order valence-electron chi connectivity index (χ2n) is 4.77. The van der Waals surface area contributed by atoms with Crippen molar-refractivity contribution in [3.8, 4) is 0 Å². The number of aryl methyl sites for hydroxylation is 1. The van der Waals surface area contributed by atoms with E-state index in [0.717, 1.165) is 5.56 Å². The molecule has 104 valence electrons. The molecule has 0 unspecified atom stereocenters. The Hall–Kier alpha value is -2.21. The van der Waals surface area contributed by atoms with Gasteiger partial charge in [-0.05, 0) is 23.8 Å². The van der Waals surface area contributed by atoms with Crippen LogP contribution in [0.2, 0.25) is 0 Å². The van der Waals surface area contributed by atoms with Gasteiger partial charge < -0.3 is 9.64 Å². The first-order valence-corrected chi connectivity index (χ1v) is 6.54. The third-order valence-corrected chi connectivity index (χ3v) is 3.36. The number of amides is 1. The number of carbonyl (C=O) groups excluding carboxylic acids is 1. The van der Waals surface area contributed by atoms with Crippen molar-refractivity contribution in [2.24, 2.45) is 7.05 Å². The van der Waals surface area contributed by atoms with Gasteiger partial charge in [0.25, 0.3) is 5.91 Å². The molecule has 0 spiro atoms. The van der Waals surface area contributed by atoms with E-state index in [9.17, 15) is 4.79 Å². The number of morpholine rings is 1. The molecule has 1 aliphatic heterocycles. The van der Waals surface area contributed by atoms with Crippen molar-refractivity contribution in [3.63, 3.8) is 0 Å². The number of carbonyl (C=O) groups is 1. The highest BCUT2D eigenvalue weighted by Gasteiger charge is 2.27. The van der Waals surface area contributed by atoms with Crippen molar-refractivity contribution >= 4 is 5.91 Å². The molecule has 2 aromatic rings. The molecule has 0 radical (unpaired) electrons. The monoisotopic (exact) mass is 272 g/mol. The predicted molar refractivity (Wildman–Crippen MR) is 72.0 cm³/mol. The minimum atomic E-state index is -0.0978. The Morgan fingerprint density at radius 2 is 2.15 bits per heavy atom. The maximum Gasteiger partial charge on any atom is 0.274 e. The van der Waals surface area contributed by atoms with Crippen LogP contribution in [-0.4, -0.2) is 45.3 Å². The van der Waals surface area contributed by atoms with E-state index in [1.807, 2.05) is 12.1 Å². The average molecular weight is 272 g/mol. The fraction of sp³-hybridized carbons (Fsp3) is 0.357. The van der Waals surface area contributed by atoms with Gasteiger partial charge in [-0.25, -0.2) is 0 Å². The number of ether oxygens (including phenoxy) is 1. The van der Waals surface area contributed by atoms with Crippen LogP contribution in [0, 0.1) is 0 Å². The van der Waals surface area contributed by atoms with Gasteiger partial charge in [-0.1, -0.05) is 0 Å². The zero-order chi connectivity index (χ0) is 13.9. The molecule has 0 saturated carbocycles. The summed E-state index contributed by atoms with van der Waals surface area (Å²) in [6.45, 7) is 1.67. The summed E-state index contributed by atoms with van der Waals surface area (Å²) in [4.78, 5) is 18.2. The van der Waals surface area contributed by atoms with E-state index in [0.29, 0.717) is 25.4 Å². The number of aromatic nitrogens is 3. The number of rotatable bonds is 2. The van der Waals surface area contributed by atoms with Gasteiger partial charge in [0.1, 0.15) is 11.8 Å². The molecule has 6 heteroatoms. The topological polar surface area (TPSA) is 60.2 Å². The molecule has 3 heterocycles. The summed E-state index contributed by atoms with van der Waals surface area (Å²) in [5, 5.41) is 4.16. The molecule has 1 aliphatic rings. The molecular weight excluding hydrogens is 256 g/mol. The predicted octanol–water partition coefficient (Wildman–Crippen LogP) is 1.03. The second-order valence-corrected chi connectivity index (χ2v) is 4.77. The Kier molecular flexibility index (Phi) is 3.47. The Bertz CT molecular complexity index is 596. The standard InChI is InChI=1S/C14H16N4O2/c1-17-7-4-12(16-17)14(19)18-8-9-20-13(10-18)11-2-5-15-6-3-11/h2-7,13H,8-10H2,1H3/t13-/m0/s1. The highest BCUT2D eigenvalue weighted by Crippen LogP contribution is 2.22. The Morgan fingerprint density at radius 3 is 2.85 bits per heavy atom. The van der Waals surface area contributed by atoms with E-state index in [-0.39, 0.29) is 12.0 Å². The summed E-state index contributed by atoms with van der Waals surface area (Å²) in [5.41, 5.74) is 1.52. The summed E-state index contributed by atoms with van der Waals surface area (Å²) in [6, 6.07) is 5.57. The van der Waals surface area contributed by atoms with Crippen LogP contribution >= 0.6 is 0 Å². The minimum absolute atomic E-state index is 0.0482. The zero-order valence-corrected chi connectivity index (χ0v) is 11.3. The Balaban J connectivity index is 1.74. The number of hydrogen-bond acceptors (Lipinski definition) is 4. The van der Waals surface area contributed by atoms with Crippen molar-refractivity contribution in [3.05, 3.63) is 48.0 Å². The molecule has 0 bridgehead atoms. The first-order chi connectivity index (χ1) is 9.74. The molecule has 1 fully saturated rings. The lowest BCUT2D eigenvalue weighted by molar-refractivity contribution is -0.0230. The Labute approximate surface area is 117 Å². The third-order valence-electron chi connectivity index (χ3n) is 3.36. The van der Waals surface area contributed by atoms with Crippen molar-refractivity contribution in [2.45, 2.75) is 6.10 Å². The lowest BCUT2D eigenvalue weighted by Crippen LogP contribution is -2.42. The summed E-state index contributed by atoms with van der Waals surface area (Å²) in [6.07, 6.45) is 5.14. The molecule has 0 N–H and O–H groups in total. The fourth-order valence-corrected chi connectivity index (χ4v) is 2.30. The third kappa shape index (κ3) is 2.55. The van der Waals surface area contributed by atoms with Gasteiger partial charge in [0.15, 0.2) is 0 Å². The first kappa shape index (κ1) is 12.8. The molecule has 2 aromatic heterocycles. The molecule has 1 amide bonds. The lowest BCUT2D eigenvalue weighted by Gasteiger charge is -2.32. The quantitative estimate of drug-likeness (QED) is 0.819. The largest absolute Gasteiger partial charge is 0.370 e. The van der Waals surface area contributed by atoms with E-state index in [1.165, 1.54) is 0 Å². The van der Waals surface area contributed by atoms with Gasteiger partial charge >= 0.3 is 0 Å². The molecule has 1 saturated heterocycles. The van der Waals surface area contributed by atoms with Gasteiger partial charge in [0.05, 0.1) is 13.2 Å². The van der Waals surface area contributed by atoms with E-state index >= 15 is 0 Å². The normalized spacial score (nSPS) is 19.1. The summed E-state index contributed by atoms with van der Waals surface area (Å²) < 4.78 is 7.37. The summed E-state index contributed by atoms with van der Waals surface area (Å²) in [5.74, 6) is -0.0482. The average Bonchev–Trinajstić information content (AvgIpc) is 2.94. The van der Waals surface area contributed by atoms with Gasteiger partial charge in [-0.2, -0.15) is 5.10 Å². The fourth-order valence-electron chi connectivity index (χ4n) is 2.30. The van der Waals surface area contributed by atoms with Gasteiger partial charge in [0.2, 0.25) is 0 Å².